The summed E-state index contributed by atoms with van der Waals surface area (Å²) in [5.41, 5.74) is 24.7. The van der Waals surface area contributed by atoms with E-state index in [1.807, 2.05) is 106 Å². The van der Waals surface area contributed by atoms with Crippen molar-refractivity contribution in [3.8, 4) is 33.4 Å². The summed E-state index contributed by atoms with van der Waals surface area (Å²) < 4.78 is 12.8. The average molecular weight is 1720 g/mol. The molecule has 10 aromatic rings. The Balaban J connectivity index is 0.000000153. The van der Waals surface area contributed by atoms with E-state index in [0.29, 0.717) is 137 Å². The molecule has 618 valence electrons. The Hall–Kier alpha value is -10.3. The third-order valence-electron chi connectivity index (χ3n) is 22.9. The summed E-state index contributed by atoms with van der Waals surface area (Å²) in [7, 11) is 11.4. The molecule has 7 heterocycles. The number of imidazole rings is 4. The number of carbonyl (C=O) groups is 7. The van der Waals surface area contributed by atoms with Crippen LogP contribution in [0.5, 0.6) is 0 Å². The molecule has 9 N–H and O–H groups in total. The van der Waals surface area contributed by atoms with Crippen LogP contribution in [0.1, 0.15) is 160 Å². The van der Waals surface area contributed by atoms with Crippen molar-refractivity contribution in [3.05, 3.63) is 208 Å². The molecule has 5 amide bonds. The van der Waals surface area contributed by atoms with Gasteiger partial charge >= 0.3 is 12.1 Å². The van der Waals surface area contributed by atoms with Crippen LogP contribution in [0, 0.1) is 10.8 Å². The van der Waals surface area contributed by atoms with Gasteiger partial charge < -0.3 is 80.3 Å². The Labute approximate surface area is 713 Å². The number of nitrogens with two attached hydrogens (primary N) is 2. The van der Waals surface area contributed by atoms with Gasteiger partial charge in [0.25, 0.3) is 23.6 Å². The molecule has 0 unspecified atom stereocenters. The fraction of sp³-hybridized carbons (Fsp3) is 0.360. The van der Waals surface area contributed by atoms with Gasteiger partial charge in [-0.15, -0.1) is 0 Å². The second-order valence-electron chi connectivity index (χ2n) is 31.9. The van der Waals surface area contributed by atoms with Gasteiger partial charge in [-0.25, -0.2) is 24.7 Å². The number of aromatic nitrogens is 8. The molecule has 6 aromatic carbocycles. The second-order valence-corrected chi connectivity index (χ2v) is 34.2. The standard InChI is InChI=1S/C34H37Cl2N7O4.C30H32Cl2N8O2.C12H10Cl2N2.C10H14O3/c1-34(2,3)47-33(46)43-17-16-26-24(18-43)38-30(42(26)5)32(45)40-23-14-9-11-20(28(23)36)19-10-8-13-22(27(19)35)39-31(44)29-37-21-12-6-7-15-25(21)41(29)4;1-37-13-11-23-21(15-37)33-27(39(23)3)29(41)35-19-9-5-7-17(25(19)31)18-8-6-10-20(26(18)32)36-30(42)28-34-22-16-38(2)14-12-24(22)40(28)4;13-11-7(3-1-5-9(11)15)8-4-2-6-10(16)12(8)14;11-6-5-9-1-3-10(7-9,4-2-9)8(12)13/h8-11,13-14H,6-7,12,15-18H2,1-5H3,(H,39,44)(H,40,45);5-10H,11-16H2,1-4H3,(H,35,41)(H,36,42);1-6H,15-16H2;6H,1-5,7H2,(H,12,13). The highest BCUT2D eigenvalue weighted by Crippen LogP contribution is 2.63. The molecule has 32 heteroatoms. The van der Waals surface area contributed by atoms with Crippen LogP contribution in [0.25, 0.3) is 33.4 Å². The zero-order chi connectivity index (χ0) is 84.6. The second kappa shape index (κ2) is 35.3. The Bertz CT molecular complexity index is 5440. The molecule has 3 aliphatic heterocycles. The third-order valence-corrected chi connectivity index (χ3v) is 25.3. The lowest BCUT2D eigenvalue weighted by Gasteiger charge is -2.29. The van der Waals surface area contributed by atoms with Gasteiger partial charge in [0.15, 0.2) is 23.3 Å². The Morgan fingerprint density at radius 1 is 0.449 bits per heavy atom. The number of halogens is 6. The average Bonchev–Trinajstić information content (AvgIpc) is 1.59. The van der Waals surface area contributed by atoms with Crippen molar-refractivity contribution < 1.29 is 43.4 Å². The van der Waals surface area contributed by atoms with E-state index in [-0.39, 0.29) is 40.5 Å². The molecular formula is C86H93Cl6N17O9. The molecule has 16 rings (SSSR count). The maximum absolute atomic E-state index is 13.5. The number of anilines is 6. The topological polar surface area (TPSA) is 330 Å². The number of aryl methyl sites for hydroxylation is 1. The molecule has 4 aromatic heterocycles. The number of rotatable bonds is 14. The van der Waals surface area contributed by atoms with E-state index < -0.39 is 29.0 Å². The molecule has 0 atom stereocenters. The lowest BCUT2D eigenvalue weighted by atomic mass is 9.80. The summed E-state index contributed by atoms with van der Waals surface area (Å²) in [5, 5.41) is 23.0. The van der Waals surface area contributed by atoms with Crippen molar-refractivity contribution in [1.82, 2.24) is 52.9 Å². The van der Waals surface area contributed by atoms with Crippen LogP contribution in [-0.2, 0) is 94.3 Å². The van der Waals surface area contributed by atoms with Crippen molar-refractivity contribution >= 4 is 146 Å². The highest BCUT2D eigenvalue weighted by molar-refractivity contribution is 6.41. The number of carboxylic acid groups (broad SMARTS) is 1. The van der Waals surface area contributed by atoms with E-state index >= 15 is 0 Å². The van der Waals surface area contributed by atoms with Crippen molar-refractivity contribution in [2.45, 2.75) is 129 Å². The van der Waals surface area contributed by atoms with E-state index in [4.69, 9.17) is 90.9 Å². The monoisotopic (exact) mass is 1720 g/mol. The van der Waals surface area contributed by atoms with Gasteiger partial charge in [0.05, 0.1) is 99.0 Å². The zero-order valence-electron chi connectivity index (χ0n) is 67.0. The number of amides is 5. The summed E-state index contributed by atoms with van der Waals surface area (Å²) in [5.74, 6) is -0.929. The number of hydrogen-bond donors (Lipinski definition) is 7. The fourth-order valence-corrected chi connectivity index (χ4v) is 18.0. The lowest BCUT2D eigenvalue weighted by Crippen LogP contribution is -2.40. The van der Waals surface area contributed by atoms with Crippen LogP contribution < -0.4 is 32.7 Å². The SMILES string of the molecule is CN1CCc2c(nc(C(=O)Nc3cccc(-c4cccc(NC(=O)c5nc6c(n5C)CCN(C)C6)c4Cl)c3Cl)n2C)C1.Cn1c(C(=O)Nc2cccc(-c3cccc(NC(=O)c4nc5c(n4C)CCN(C(=O)OC(C)(C)C)C5)c3Cl)c2Cl)nc2c1CCCC2.Nc1cccc(-c2cccc(N)c2Cl)c1Cl.O=CCC12CCC(C(=O)O)(CC1)C2. The number of hydrogen-bond acceptors (Lipinski definition) is 16. The first-order valence-electron chi connectivity index (χ1n) is 38.9. The van der Waals surface area contributed by atoms with Gasteiger partial charge in [-0.3, -0.25) is 24.0 Å². The number of likely N-dealkylation sites (N-methyl/N-ethyl adjacent to an activating group) is 2. The molecule has 3 aliphatic carbocycles. The van der Waals surface area contributed by atoms with E-state index in [1.54, 1.807) is 89.3 Å². The number of aldehydes is 1. The molecule has 6 aliphatic rings. The number of aliphatic carboxylic acids is 1. The normalized spacial score (nSPS) is 17.2. The van der Waals surface area contributed by atoms with Crippen LogP contribution in [-0.4, -0.2) is 139 Å². The zero-order valence-corrected chi connectivity index (χ0v) is 71.5. The number of nitrogen functional groups attached to an aromatic ring is 2. The van der Waals surface area contributed by atoms with Crippen molar-refractivity contribution in [1.29, 1.82) is 0 Å². The molecular weight excluding hydrogens is 1630 g/mol. The highest BCUT2D eigenvalue weighted by atomic mass is 35.5. The van der Waals surface area contributed by atoms with E-state index in [2.05, 4.69) is 51.0 Å². The van der Waals surface area contributed by atoms with Gasteiger partial charge in [0.2, 0.25) is 0 Å². The largest absolute Gasteiger partial charge is 0.481 e. The summed E-state index contributed by atoms with van der Waals surface area (Å²) >= 11 is 39.7. The molecule has 2 saturated carbocycles. The lowest BCUT2D eigenvalue weighted by molar-refractivity contribution is -0.148. The highest BCUT2D eigenvalue weighted by Gasteiger charge is 2.58. The number of ether oxygens (including phenoxy) is 1. The third kappa shape index (κ3) is 17.9. The molecule has 0 saturated heterocycles. The number of fused-ring (bicyclic) bond motifs is 6. The molecule has 118 heavy (non-hydrogen) atoms. The first-order valence-corrected chi connectivity index (χ1v) is 41.1. The molecule has 2 fully saturated rings. The number of carbonyl (C=O) groups excluding carboxylic acids is 6. The minimum absolute atomic E-state index is 0.0557. The van der Waals surface area contributed by atoms with Crippen molar-refractivity contribution in [2.24, 2.45) is 39.0 Å². The maximum Gasteiger partial charge on any atom is 0.410 e. The predicted molar refractivity (Wildman–Crippen MR) is 462 cm³/mol. The summed E-state index contributed by atoms with van der Waals surface area (Å²) in [6.07, 6.45) is 11.4. The maximum atomic E-state index is 13.5. The Morgan fingerprint density at radius 2 is 0.771 bits per heavy atom. The van der Waals surface area contributed by atoms with Gasteiger partial charge in [0, 0.05) is 143 Å². The molecule has 0 spiro atoms. The quantitative estimate of drug-likeness (QED) is 0.0393. The van der Waals surface area contributed by atoms with Crippen molar-refractivity contribution in [2.75, 3.05) is 66.5 Å². The van der Waals surface area contributed by atoms with E-state index in [9.17, 15) is 33.6 Å². The predicted octanol–water partition coefficient (Wildman–Crippen LogP) is 16.8. The number of carboxylic acids is 1. The summed E-state index contributed by atoms with van der Waals surface area (Å²) in [6.45, 7) is 9.42. The minimum Gasteiger partial charge on any atom is -0.481 e. The van der Waals surface area contributed by atoms with Crippen LogP contribution in [0.3, 0.4) is 0 Å². The number of benzene rings is 6. The number of nitrogens with zero attached hydrogens (tertiary/aromatic N) is 11. The smallest absolute Gasteiger partial charge is 0.410 e. The van der Waals surface area contributed by atoms with Crippen molar-refractivity contribution in [3.63, 3.8) is 0 Å². The van der Waals surface area contributed by atoms with Crippen LogP contribution in [0.4, 0.5) is 38.9 Å². The van der Waals surface area contributed by atoms with E-state index in [1.165, 1.54) is 0 Å². The summed E-state index contributed by atoms with van der Waals surface area (Å²) in [4.78, 5) is 112. The molecule has 0 radical (unpaired) electrons. The minimum atomic E-state index is -0.655. The molecule has 2 bridgehead atoms. The van der Waals surface area contributed by atoms with Crippen LogP contribution in [0.2, 0.25) is 30.1 Å². The fourth-order valence-electron chi connectivity index (χ4n) is 16.5. The van der Waals surface area contributed by atoms with Gasteiger partial charge in [-0.1, -0.05) is 142 Å². The van der Waals surface area contributed by atoms with Crippen LogP contribution in [0.15, 0.2) is 109 Å². The van der Waals surface area contributed by atoms with E-state index in [0.717, 1.165) is 141 Å². The number of nitrogens with one attached hydrogen (secondary N) is 4. The summed E-state index contributed by atoms with van der Waals surface area (Å²) in [6, 6.07) is 32.1. The Kier molecular flexibility index (Phi) is 25.6. The van der Waals surface area contributed by atoms with Crippen LogP contribution >= 0.6 is 69.6 Å². The first-order chi connectivity index (χ1) is 56.2. The first kappa shape index (κ1) is 85.6. The molecule has 26 nitrogen and oxygen atoms in total. The van der Waals surface area contributed by atoms with Gasteiger partial charge in [-0.05, 0) is 134 Å². The van der Waals surface area contributed by atoms with Gasteiger partial charge in [-0.2, -0.15) is 0 Å². The Morgan fingerprint density at radius 3 is 1.11 bits per heavy atom. The van der Waals surface area contributed by atoms with Gasteiger partial charge in [0.1, 0.15) is 11.9 Å².